The summed E-state index contributed by atoms with van der Waals surface area (Å²) in [6.45, 7) is 0. The number of ether oxygens (including phenoxy) is 1. The van der Waals surface area contributed by atoms with E-state index in [9.17, 15) is 4.79 Å². The first-order valence-electron chi connectivity index (χ1n) is 9.83. The van der Waals surface area contributed by atoms with Gasteiger partial charge in [0.2, 0.25) is 5.91 Å². The molecule has 0 radical (unpaired) electrons. The van der Waals surface area contributed by atoms with Crippen molar-refractivity contribution >= 4 is 16.8 Å². The van der Waals surface area contributed by atoms with Crippen molar-refractivity contribution in [3.05, 3.63) is 59.7 Å². The Morgan fingerprint density at radius 2 is 1.96 bits per heavy atom. The minimum Gasteiger partial charge on any atom is -0.497 e. The Morgan fingerprint density at radius 1 is 1.14 bits per heavy atom. The highest BCUT2D eigenvalue weighted by atomic mass is 16.5. The third-order valence-corrected chi connectivity index (χ3v) is 5.41. The summed E-state index contributed by atoms with van der Waals surface area (Å²) in [7, 11) is 5.29. The number of benzene rings is 2. The van der Waals surface area contributed by atoms with Crippen LogP contribution in [-0.2, 0) is 11.2 Å². The summed E-state index contributed by atoms with van der Waals surface area (Å²) in [6, 6.07) is 16.7. The number of methoxy groups -OCH3 is 1. The van der Waals surface area contributed by atoms with Crippen molar-refractivity contribution in [1.29, 1.82) is 0 Å². The zero-order valence-corrected chi connectivity index (χ0v) is 16.7. The Balaban J connectivity index is 1.71. The summed E-state index contributed by atoms with van der Waals surface area (Å²) in [5.74, 6) is 1.62. The van der Waals surface area contributed by atoms with Gasteiger partial charge in [-0.05, 0) is 66.6 Å². The van der Waals surface area contributed by atoms with Gasteiger partial charge in [0.25, 0.3) is 0 Å². The van der Waals surface area contributed by atoms with Crippen LogP contribution in [0.2, 0.25) is 0 Å². The van der Waals surface area contributed by atoms with Crippen LogP contribution in [-0.4, -0.2) is 37.0 Å². The van der Waals surface area contributed by atoms with Gasteiger partial charge in [-0.1, -0.05) is 18.2 Å². The Labute approximate surface area is 166 Å². The van der Waals surface area contributed by atoms with Crippen LogP contribution in [0.25, 0.3) is 22.2 Å². The highest BCUT2D eigenvalue weighted by molar-refractivity contribution is 5.87. The van der Waals surface area contributed by atoms with E-state index < -0.39 is 0 Å². The molecule has 144 valence electrons. The summed E-state index contributed by atoms with van der Waals surface area (Å²) in [5, 5.41) is 1.23. The molecule has 28 heavy (non-hydrogen) atoms. The lowest BCUT2D eigenvalue weighted by Gasteiger charge is -2.13. The van der Waals surface area contributed by atoms with Gasteiger partial charge in [0.1, 0.15) is 5.75 Å². The smallest absolute Gasteiger partial charge is 0.222 e. The molecular weight excluding hydrogens is 348 g/mol. The van der Waals surface area contributed by atoms with Gasteiger partial charge < -0.3 is 9.64 Å². The van der Waals surface area contributed by atoms with E-state index in [1.54, 1.807) is 26.1 Å². The lowest BCUT2D eigenvalue weighted by molar-refractivity contribution is -0.128. The first kappa shape index (κ1) is 18.5. The fourth-order valence-corrected chi connectivity index (χ4v) is 3.59. The molecular formula is C24H26N2O2. The molecule has 4 rings (SSSR count). The van der Waals surface area contributed by atoms with Crippen LogP contribution in [0.3, 0.4) is 0 Å². The average Bonchev–Trinajstić information content (AvgIpc) is 3.56. The van der Waals surface area contributed by atoms with Crippen molar-refractivity contribution in [2.75, 3.05) is 21.2 Å². The zero-order valence-electron chi connectivity index (χ0n) is 16.7. The largest absolute Gasteiger partial charge is 0.497 e. The van der Waals surface area contributed by atoms with Crippen LogP contribution in [0.1, 0.15) is 36.3 Å². The van der Waals surface area contributed by atoms with Crippen LogP contribution in [0.15, 0.2) is 48.5 Å². The Morgan fingerprint density at radius 3 is 2.68 bits per heavy atom. The van der Waals surface area contributed by atoms with Crippen molar-refractivity contribution in [3.63, 3.8) is 0 Å². The molecule has 0 saturated heterocycles. The second-order valence-corrected chi connectivity index (χ2v) is 7.74. The molecule has 2 aromatic carbocycles. The third kappa shape index (κ3) is 3.86. The van der Waals surface area contributed by atoms with E-state index in [-0.39, 0.29) is 5.91 Å². The second-order valence-electron chi connectivity index (χ2n) is 7.74. The molecule has 1 fully saturated rings. The lowest BCUT2D eigenvalue weighted by atomic mass is 9.98. The lowest BCUT2D eigenvalue weighted by Crippen LogP contribution is -2.21. The van der Waals surface area contributed by atoms with Crippen LogP contribution in [0, 0.1) is 0 Å². The molecule has 4 heteroatoms. The number of carbonyl (C=O) groups excluding carboxylic acids is 1. The van der Waals surface area contributed by atoms with Crippen molar-refractivity contribution in [2.45, 2.75) is 31.6 Å². The molecule has 1 heterocycles. The summed E-state index contributed by atoms with van der Waals surface area (Å²) in [5.41, 5.74) is 5.65. The molecule has 1 saturated carbocycles. The van der Waals surface area contributed by atoms with E-state index in [1.165, 1.54) is 29.4 Å². The Kier molecular flexibility index (Phi) is 5.03. The minimum absolute atomic E-state index is 0.161. The SMILES string of the molecule is COc1cccc(-c2cc(C3CC3)c3cc(CCC(=O)N(C)C)ccc3n2)c1. The molecule has 0 bridgehead atoms. The van der Waals surface area contributed by atoms with Gasteiger partial charge in [0.05, 0.1) is 18.3 Å². The highest BCUT2D eigenvalue weighted by Gasteiger charge is 2.26. The van der Waals surface area contributed by atoms with Crippen molar-refractivity contribution in [3.8, 4) is 17.0 Å². The topological polar surface area (TPSA) is 42.4 Å². The highest BCUT2D eigenvalue weighted by Crippen LogP contribution is 2.44. The number of aryl methyl sites for hydroxylation is 1. The molecule has 4 nitrogen and oxygen atoms in total. The third-order valence-electron chi connectivity index (χ3n) is 5.41. The molecule has 1 amide bonds. The first-order valence-corrected chi connectivity index (χ1v) is 9.83. The fourth-order valence-electron chi connectivity index (χ4n) is 3.59. The molecule has 1 aromatic heterocycles. The quantitative estimate of drug-likeness (QED) is 0.622. The molecule has 0 aliphatic heterocycles. The predicted octanol–water partition coefficient (Wildman–Crippen LogP) is 4.81. The van der Waals surface area contributed by atoms with E-state index >= 15 is 0 Å². The van der Waals surface area contributed by atoms with Gasteiger partial charge in [0, 0.05) is 31.5 Å². The van der Waals surface area contributed by atoms with Gasteiger partial charge in [0.15, 0.2) is 0 Å². The zero-order chi connectivity index (χ0) is 19.7. The van der Waals surface area contributed by atoms with Crippen LogP contribution < -0.4 is 4.74 Å². The summed E-state index contributed by atoms with van der Waals surface area (Å²) >= 11 is 0. The molecule has 0 spiro atoms. The number of amides is 1. The Hall–Kier alpha value is -2.88. The van der Waals surface area contributed by atoms with Crippen LogP contribution in [0.4, 0.5) is 0 Å². The number of fused-ring (bicyclic) bond motifs is 1. The van der Waals surface area contributed by atoms with Gasteiger partial charge >= 0.3 is 0 Å². The summed E-state index contributed by atoms with van der Waals surface area (Å²) < 4.78 is 5.37. The monoisotopic (exact) mass is 374 g/mol. The number of pyridine rings is 1. The van der Waals surface area contributed by atoms with Crippen molar-refractivity contribution in [2.24, 2.45) is 0 Å². The van der Waals surface area contributed by atoms with E-state index in [4.69, 9.17) is 9.72 Å². The maximum atomic E-state index is 11.9. The molecule has 0 unspecified atom stereocenters. The van der Waals surface area contributed by atoms with E-state index in [2.05, 4.69) is 30.3 Å². The molecule has 0 atom stereocenters. The molecule has 1 aliphatic carbocycles. The summed E-state index contributed by atoms with van der Waals surface area (Å²) in [4.78, 5) is 18.5. The Bertz CT molecular complexity index is 1020. The van der Waals surface area contributed by atoms with E-state index in [0.29, 0.717) is 12.3 Å². The standard InChI is InChI=1S/C24H26N2O2/c1-26(2)24(27)12-8-16-7-11-22-21(13-16)20(17-9-10-17)15-23(25-22)18-5-4-6-19(14-18)28-3/h4-7,11,13-15,17H,8-10,12H2,1-3H3. The van der Waals surface area contributed by atoms with Gasteiger partial charge in [-0.2, -0.15) is 0 Å². The van der Waals surface area contributed by atoms with Crippen molar-refractivity contribution in [1.82, 2.24) is 9.88 Å². The number of hydrogen-bond donors (Lipinski definition) is 0. The maximum absolute atomic E-state index is 11.9. The number of aromatic nitrogens is 1. The number of hydrogen-bond acceptors (Lipinski definition) is 3. The normalized spacial score (nSPS) is 13.5. The van der Waals surface area contributed by atoms with Gasteiger partial charge in [-0.25, -0.2) is 4.98 Å². The summed E-state index contributed by atoms with van der Waals surface area (Å²) in [6.07, 6.45) is 3.77. The molecule has 0 N–H and O–H groups in total. The van der Waals surface area contributed by atoms with Gasteiger partial charge in [-0.3, -0.25) is 4.79 Å². The van der Waals surface area contributed by atoms with Crippen LogP contribution in [0.5, 0.6) is 5.75 Å². The predicted molar refractivity (Wildman–Crippen MR) is 113 cm³/mol. The van der Waals surface area contributed by atoms with Crippen molar-refractivity contribution < 1.29 is 9.53 Å². The van der Waals surface area contributed by atoms with Gasteiger partial charge in [-0.15, -0.1) is 0 Å². The van der Waals surface area contributed by atoms with Crippen LogP contribution >= 0.6 is 0 Å². The number of rotatable bonds is 6. The number of nitrogens with zero attached hydrogens (tertiary/aromatic N) is 2. The maximum Gasteiger partial charge on any atom is 0.222 e. The van der Waals surface area contributed by atoms with E-state index in [0.717, 1.165) is 28.9 Å². The molecule has 3 aromatic rings. The first-order chi connectivity index (χ1) is 13.5. The van der Waals surface area contributed by atoms with E-state index in [1.807, 2.05) is 18.2 Å². The minimum atomic E-state index is 0.161. The fraction of sp³-hybridized carbons (Fsp3) is 0.333. The second kappa shape index (κ2) is 7.63. The average molecular weight is 374 g/mol. The molecule has 1 aliphatic rings. The number of carbonyl (C=O) groups is 1.